The van der Waals surface area contributed by atoms with Gasteiger partial charge in [0.2, 0.25) is 5.88 Å². The second-order valence-corrected chi connectivity index (χ2v) is 4.44. The molecule has 0 amide bonds. The lowest BCUT2D eigenvalue weighted by Gasteiger charge is -2.17. The van der Waals surface area contributed by atoms with Crippen LogP contribution in [0.2, 0.25) is 0 Å². The summed E-state index contributed by atoms with van der Waals surface area (Å²) in [7, 11) is 1.62. The van der Waals surface area contributed by atoms with Crippen LogP contribution in [0.5, 0.6) is 5.88 Å². The fourth-order valence-corrected chi connectivity index (χ4v) is 2.42. The average molecular weight is 249 g/mol. The van der Waals surface area contributed by atoms with Gasteiger partial charge in [-0.1, -0.05) is 6.07 Å². The van der Waals surface area contributed by atoms with Crippen LogP contribution in [0.1, 0.15) is 17.2 Å². The highest BCUT2D eigenvalue weighted by Gasteiger charge is 2.16. The van der Waals surface area contributed by atoms with Crippen molar-refractivity contribution in [3.63, 3.8) is 0 Å². The van der Waals surface area contributed by atoms with Crippen molar-refractivity contribution in [2.75, 3.05) is 7.11 Å². The molecule has 5 heteroatoms. The molecule has 3 N–H and O–H groups in total. The molecule has 0 saturated carbocycles. The number of nitrogens with one attached hydrogen (secondary N) is 1. The molecule has 0 aromatic carbocycles. The van der Waals surface area contributed by atoms with Crippen LogP contribution in [0.4, 0.5) is 0 Å². The molecule has 2 heterocycles. The van der Waals surface area contributed by atoms with Gasteiger partial charge >= 0.3 is 0 Å². The minimum absolute atomic E-state index is 0.00764. The summed E-state index contributed by atoms with van der Waals surface area (Å²) in [6.07, 6.45) is 2.53. The number of hydrogen-bond donors (Lipinski definition) is 2. The van der Waals surface area contributed by atoms with Gasteiger partial charge in [-0.25, -0.2) is 4.98 Å². The number of thiophene rings is 1. The molecule has 0 bridgehead atoms. The number of rotatable bonds is 5. The first-order valence-corrected chi connectivity index (χ1v) is 6.25. The highest BCUT2D eigenvalue weighted by Crippen LogP contribution is 2.25. The van der Waals surface area contributed by atoms with Crippen molar-refractivity contribution in [2.24, 2.45) is 5.84 Å². The van der Waals surface area contributed by atoms with Crippen molar-refractivity contribution in [2.45, 2.75) is 12.5 Å². The largest absolute Gasteiger partial charge is 0.481 e. The van der Waals surface area contributed by atoms with Crippen LogP contribution < -0.4 is 16.0 Å². The van der Waals surface area contributed by atoms with Gasteiger partial charge in [-0.2, -0.15) is 11.3 Å². The third-order valence-electron chi connectivity index (χ3n) is 2.59. The third kappa shape index (κ3) is 2.82. The summed E-state index contributed by atoms with van der Waals surface area (Å²) in [5, 5.41) is 4.18. The molecule has 1 unspecified atom stereocenters. The lowest BCUT2D eigenvalue weighted by molar-refractivity contribution is 0.382. The third-order valence-corrected chi connectivity index (χ3v) is 3.32. The normalized spacial score (nSPS) is 12.4. The quantitative estimate of drug-likeness (QED) is 0.627. The van der Waals surface area contributed by atoms with E-state index in [1.165, 1.54) is 5.56 Å². The number of hydrogen-bond acceptors (Lipinski definition) is 5. The number of ether oxygens (including phenoxy) is 1. The van der Waals surface area contributed by atoms with Crippen LogP contribution in [0.15, 0.2) is 35.2 Å². The summed E-state index contributed by atoms with van der Waals surface area (Å²) in [6.45, 7) is 0. The van der Waals surface area contributed by atoms with Crippen LogP contribution in [-0.4, -0.2) is 12.1 Å². The number of nitrogens with zero attached hydrogens (tertiary/aromatic N) is 1. The van der Waals surface area contributed by atoms with Crippen molar-refractivity contribution >= 4 is 11.3 Å². The zero-order valence-electron chi connectivity index (χ0n) is 9.59. The molecule has 4 nitrogen and oxygen atoms in total. The number of aromatic nitrogens is 1. The van der Waals surface area contributed by atoms with E-state index in [2.05, 4.69) is 27.2 Å². The summed E-state index contributed by atoms with van der Waals surface area (Å²) in [5.41, 5.74) is 5.05. The van der Waals surface area contributed by atoms with Crippen molar-refractivity contribution in [3.05, 3.63) is 46.3 Å². The highest BCUT2D eigenvalue weighted by molar-refractivity contribution is 7.07. The van der Waals surface area contributed by atoms with E-state index in [-0.39, 0.29) is 6.04 Å². The Bertz CT molecular complexity index is 459. The molecule has 0 aliphatic carbocycles. The number of pyridine rings is 1. The predicted molar refractivity (Wildman–Crippen MR) is 68.9 cm³/mol. The van der Waals surface area contributed by atoms with Gasteiger partial charge in [-0.05, 0) is 34.9 Å². The lowest BCUT2D eigenvalue weighted by Crippen LogP contribution is -2.30. The Balaban J connectivity index is 2.22. The summed E-state index contributed by atoms with van der Waals surface area (Å²) >= 11 is 1.68. The van der Waals surface area contributed by atoms with Crippen molar-refractivity contribution < 1.29 is 4.74 Å². The van der Waals surface area contributed by atoms with Crippen LogP contribution in [0.3, 0.4) is 0 Å². The van der Waals surface area contributed by atoms with Gasteiger partial charge in [0.15, 0.2) is 0 Å². The fourth-order valence-electron chi connectivity index (χ4n) is 1.74. The fraction of sp³-hybridized carbons (Fsp3) is 0.250. The maximum absolute atomic E-state index is 5.62. The first-order chi connectivity index (χ1) is 8.35. The molecule has 90 valence electrons. The summed E-state index contributed by atoms with van der Waals surface area (Å²) in [4.78, 5) is 4.18. The second-order valence-electron chi connectivity index (χ2n) is 3.66. The maximum Gasteiger partial charge on any atom is 0.217 e. The van der Waals surface area contributed by atoms with Gasteiger partial charge in [0.25, 0.3) is 0 Å². The Labute approximate surface area is 104 Å². The Morgan fingerprint density at radius 1 is 1.53 bits per heavy atom. The molecule has 17 heavy (non-hydrogen) atoms. The van der Waals surface area contributed by atoms with E-state index in [0.29, 0.717) is 5.88 Å². The molecule has 2 aromatic heterocycles. The topological polar surface area (TPSA) is 60.2 Å². The van der Waals surface area contributed by atoms with Gasteiger partial charge in [-0.3, -0.25) is 11.3 Å². The molecular formula is C12H15N3OS. The van der Waals surface area contributed by atoms with E-state index in [1.807, 2.05) is 12.1 Å². The lowest BCUT2D eigenvalue weighted by atomic mass is 10.0. The Morgan fingerprint density at radius 2 is 2.41 bits per heavy atom. The van der Waals surface area contributed by atoms with E-state index in [0.717, 1.165) is 12.0 Å². The molecule has 0 saturated heterocycles. The van der Waals surface area contributed by atoms with Crippen molar-refractivity contribution in [1.82, 2.24) is 10.4 Å². The zero-order chi connectivity index (χ0) is 12.1. The molecule has 1 atom stereocenters. The first kappa shape index (κ1) is 12.0. The number of hydrazine groups is 1. The highest BCUT2D eigenvalue weighted by atomic mass is 32.1. The van der Waals surface area contributed by atoms with E-state index in [9.17, 15) is 0 Å². The van der Waals surface area contributed by atoms with Gasteiger partial charge in [0.05, 0.1) is 13.2 Å². The van der Waals surface area contributed by atoms with Crippen LogP contribution in [0.25, 0.3) is 0 Å². The van der Waals surface area contributed by atoms with Crippen molar-refractivity contribution in [1.29, 1.82) is 0 Å². The minimum Gasteiger partial charge on any atom is -0.481 e. The van der Waals surface area contributed by atoms with E-state index < -0.39 is 0 Å². The molecule has 2 aromatic rings. The number of methoxy groups -OCH3 is 1. The SMILES string of the molecule is COc1ncccc1C(Cc1ccsc1)NN. The first-order valence-electron chi connectivity index (χ1n) is 5.31. The Hall–Kier alpha value is -1.43. The average Bonchev–Trinajstić information content (AvgIpc) is 2.89. The standard InChI is InChI=1S/C12H15N3OS/c1-16-12-10(3-2-5-14-12)11(15-13)7-9-4-6-17-8-9/h2-6,8,11,15H,7,13H2,1H3. The molecule has 0 aliphatic rings. The van der Waals surface area contributed by atoms with Crippen LogP contribution >= 0.6 is 11.3 Å². The zero-order valence-corrected chi connectivity index (χ0v) is 10.4. The Morgan fingerprint density at radius 3 is 3.06 bits per heavy atom. The number of nitrogens with two attached hydrogens (primary N) is 1. The Kier molecular flexibility index (Phi) is 4.08. The molecular weight excluding hydrogens is 234 g/mol. The van der Waals surface area contributed by atoms with Crippen LogP contribution in [0, 0.1) is 0 Å². The molecule has 0 fully saturated rings. The smallest absolute Gasteiger partial charge is 0.217 e. The summed E-state index contributed by atoms with van der Waals surface area (Å²) in [5.74, 6) is 6.23. The predicted octanol–water partition coefficient (Wildman–Crippen LogP) is 1.90. The van der Waals surface area contributed by atoms with Gasteiger partial charge in [-0.15, -0.1) is 0 Å². The van der Waals surface area contributed by atoms with Crippen LogP contribution in [-0.2, 0) is 6.42 Å². The molecule has 0 aliphatic heterocycles. The second kappa shape index (κ2) is 5.77. The van der Waals surface area contributed by atoms with Gasteiger partial charge in [0, 0.05) is 11.8 Å². The van der Waals surface area contributed by atoms with E-state index >= 15 is 0 Å². The van der Waals surface area contributed by atoms with Gasteiger partial charge < -0.3 is 4.74 Å². The minimum atomic E-state index is 0.00764. The summed E-state index contributed by atoms with van der Waals surface area (Å²) < 4.78 is 5.24. The molecule has 0 spiro atoms. The summed E-state index contributed by atoms with van der Waals surface area (Å²) in [6, 6.07) is 5.96. The van der Waals surface area contributed by atoms with Crippen molar-refractivity contribution in [3.8, 4) is 5.88 Å². The molecule has 0 radical (unpaired) electrons. The molecule has 2 rings (SSSR count). The maximum atomic E-state index is 5.62. The van der Waals surface area contributed by atoms with E-state index in [4.69, 9.17) is 10.6 Å². The van der Waals surface area contributed by atoms with E-state index in [1.54, 1.807) is 24.6 Å². The van der Waals surface area contributed by atoms with Gasteiger partial charge in [0.1, 0.15) is 0 Å². The monoisotopic (exact) mass is 249 g/mol.